The van der Waals surface area contributed by atoms with E-state index in [0.717, 1.165) is 13.1 Å². The predicted octanol–water partition coefficient (Wildman–Crippen LogP) is -3.63. The summed E-state index contributed by atoms with van der Waals surface area (Å²) in [6.07, 6.45) is 3.19. The molecule has 0 saturated heterocycles. The first-order valence-electron chi connectivity index (χ1n) is 4.89. The second kappa shape index (κ2) is 5.34. The Bertz CT molecular complexity index is 257. The van der Waals surface area contributed by atoms with Gasteiger partial charge in [-0.2, -0.15) is 5.10 Å². The van der Waals surface area contributed by atoms with Crippen molar-refractivity contribution in [3.63, 3.8) is 0 Å². The van der Waals surface area contributed by atoms with E-state index in [9.17, 15) is 4.79 Å². The molecule has 6 nitrogen and oxygen atoms in total. The molecule has 1 heterocycles. The van der Waals surface area contributed by atoms with E-state index in [4.69, 9.17) is 0 Å². The maximum absolute atomic E-state index is 11.2. The van der Waals surface area contributed by atoms with Gasteiger partial charge in [-0.15, -0.1) is 0 Å². The van der Waals surface area contributed by atoms with Crippen LogP contribution in [0.1, 0.15) is 0 Å². The summed E-state index contributed by atoms with van der Waals surface area (Å²) in [6.45, 7) is 1.95. The SMILES string of the molecule is CS[C@]1([NH2+]CC[NH+](C)C)NN=CC(=O)N1. The second-order valence-corrected chi connectivity index (χ2v) is 4.80. The first-order chi connectivity index (χ1) is 7.08. The Morgan fingerprint density at radius 3 is 2.93 bits per heavy atom. The van der Waals surface area contributed by atoms with Gasteiger partial charge in [-0.25, -0.2) is 5.43 Å². The Morgan fingerprint density at radius 1 is 1.67 bits per heavy atom. The molecule has 0 aliphatic carbocycles. The fourth-order valence-corrected chi connectivity index (χ4v) is 1.90. The molecule has 1 aliphatic rings. The minimum atomic E-state index is -0.540. The molecule has 86 valence electrons. The van der Waals surface area contributed by atoms with E-state index in [-0.39, 0.29) is 5.91 Å². The Kier molecular flexibility index (Phi) is 4.37. The highest BCUT2D eigenvalue weighted by Crippen LogP contribution is 2.08. The normalized spacial score (nSPS) is 25.2. The molecule has 0 unspecified atom stereocenters. The number of nitrogens with two attached hydrogens (primary N) is 1. The lowest BCUT2D eigenvalue weighted by Crippen LogP contribution is -3.12. The van der Waals surface area contributed by atoms with Gasteiger partial charge in [0.2, 0.25) is 0 Å². The van der Waals surface area contributed by atoms with Crippen LogP contribution in [0.2, 0.25) is 0 Å². The zero-order chi connectivity index (χ0) is 11.3. The minimum absolute atomic E-state index is 0.156. The quantitative estimate of drug-likeness (QED) is 0.370. The van der Waals surface area contributed by atoms with E-state index in [1.807, 2.05) is 6.26 Å². The number of hydrogen-bond acceptors (Lipinski definition) is 4. The summed E-state index contributed by atoms with van der Waals surface area (Å²) in [6, 6.07) is 0. The highest BCUT2D eigenvalue weighted by atomic mass is 32.2. The monoisotopic (exact) mass is 233 g/mol. The van der Waals surface area contributed by atoms with E-state index in [2.05, 4.69) is 35.3 Å². The molecule has 5 N–H and O–H groups in total. The predicted molar refractivity (Wildman–Crippen MR) is 60.5 cm³/mol. The smallest absolute Gasteiger partial charge is 0.316 e. The minimum Gasteiger partial charge on any atom is -0.335 e. The molecule has 0 aromatic rings. The van der Waals surface area contributed by atoms with Crippen molar-refractivity contribution in [2.75, 3.05) is 33.4 Å². The maximum atomic E-state index is 11.2. The molecule has 0 radical (unpaired) electrons. The summed E-state index contributed by atoms with van der Waals surface area (Å²) in [5.74, 6) is -0.156. The molecule has 7 heteroatoms. The van der Waals surface area contributed by atoms with Crippen LogP contribution in [0.5, 0.6) is 0 Å². The summed E-state index contributed by atoms with van der Waals surface area (Å²) in [5, 5.41) is 8.20. The van der Waals surface area contributed by atoms with Crippen LogP contribution in [-0.2, 0) is 4.79 Å². The van der Waals surface area contributed by atoms with Crippen molar-refractivity contribution in [2.24, 2.45) is 5.10 Å². The van der Waals surface area contributed by atoms with E-state index in [0.29, 0.717) is 0 Å². The maximum Gasteiger partial charge on any atom is 0.316 e. The van der Waals surface area contributed by atoms with Gasteiger partial charge < -0.3 is 4.90 Å². The van der Waals surface area contributed by atoms with E-state index in [1.165, 1.54) is 22.9 Å². The number of carbonyl (C=O) groups is 1. The Morgan fingerprint density at radius 2 is 2.40 bits per heavy atom. The number of nitrogens with zero attached hydrogens (tertiary/aromatic N) is 1. The standard InChI is InChI=1S/C8H17N5OS/c1-13(2)5-4-9-8(15-3)11-7(14)6-10-12-8/h6,9,12H,4-5H2,1-3H3,(H,11,14)/p+2/t8-/m0/s1. The van der Waals surface area contributed by atoms with Crippen LogP contribution in [0.4, 0.5) is 0 Å². The Labute approximate surface area is 93.8 Å². The third kappa shape index (κ3) is 3.69. The summed E-state index contributed by atoms with van der Waals surface area (Å²) < 4.78 is 0. The van der Waals surface area contributed by atoms with Crippen LogP contribution in [-0.4, -0.2) is 50.7 Å². The van der Waals surface area contributed by atoms with Crippen molar-refractivity contribution in [1.82, 2.24) is 10.7 Å². The molecular formula is C8H19N5OS+2. The summed E-state index contributed by atoms with van der Waals surface area (Å²) in [7, 11) is 4.20. The highest BCUT2D eigenvalue weighted by molar-refractivity contribution is 7.99. The van der Waals surface area contributed by atoms with Gasteiger partial charge in [0.15, 0.2) is 0 Å². The van der Waals surface area contributed by atoms with Crippen LogP contribution < -0.4 is 21.0 Å². The molecule has 0 bridgehead atoms. The number of quaternary nitrogens is 2. The van der Waals surface area contributed by atoms with Gasteiger partial charge in [-0.1, -0.05) is 0 Å². The lowest BCUT2D eigenvalue weighted by atomic mass is 10.5. The largest absolute Gasteiger partial charge is 0.335 e. The van der Waals surface area contributed by atoms with Gasteiger partial charge in [-0.3, -0.25) is 15.4 Å². The molecule has 0 fully saturated rings. The van der Waals surface area contributed by atoms with Crippen molar-refractivity contribution >= 4 is 23.9 Å². The zero-order valence-electron chi connectivity index (χ0n) is 9.33. The average molecular weight is 233 g/mol. The second-order valence-electron chi connectivity index (χ2n) is 3.75. The van der Waals surface area contributed by atoms with Crippen molar-refractivity contribution in [3.8, 4) is 0 Å². The van der Waals surface area contributed by atoms with Crippen molar-refractivity contribution in [1.29, 1.82) is 0 Å². The Balaban J connectivity index is 2.46. The third-order valence-electron chi connectivity index (χ3n) is 2.12. The van der Waals surface area contributed by atoms with Crippen molar-refractivity contribution < 1.29 is 15.0 Å². The van der Waals surface area contributed by atoms with Gasteiger partial charge >= 0.3 is 5.12 Å². The topological polar surface area (TPSA) is 74.5 Å². The summed E-state index contributed by atoms with van der Waals surface area (Å²) in [4.78, 5) is 12.6. The van der Waals surface area contributed by atoms with Gasteiger partial charge in [0.05, 0.1) is 14.1 Å². The molecule has 0 spiro atoms. The van der Waals surface area contributed by atoms with Gasteiger partial charge in [0.1, 0.15) is 19.3 Å². The number of hydrazone groups is 1. The van der Waals surface area contributed by atoms with Crippen LogP contribution >= 0.6 is 11.8 Å². The summed E-state index contributed by atoms with van der Waals surface area (Å²) >= 11 is 1.53. The molecule has 0 aromatic heterocycles. The van der Waals surface area contributed by atoms with E-state index < -0.39 is 5.12 Å². The summed E-state index contributed by atoms with van der Waals surface area (Å²) in [5.41, 5.74) is 2.92. The molecular weight excluding hydrogens is 214 g/mol. The number of thioether (sulfide) groups is 1. The first kappa shape index (κ1) is 12.3. The van der Waals surface area contributed by atoms with Crippen molar-refractivity contribution in [3.05, 3.63) is 0 Å². The number of amides is 1. The molecule has 1 amide bonds. The third-order valence-corrected chi connectivity index (χ3v) is 3.12. The fraction of sp³-hybridized carbons (Fsp3) is 0.750. The van der Waals surface area contributed by atoms with Crippen LogP contribution in [0, 0.1) is 0 Å². The number of carbonyl (C=O) groups excluding carboxylic acids is 1. The number of likely N-dealkylation sites (N-methyl/N-ethyl adjacent to an activating group) is 1. The van der Waals surface area contributed by atoms with Crippen molar-refractivity contribution in [2.45, 2.75) is 5.12 Å². The first-order valence-corrected chi connectivity index (χ1v) is 6.11. The van der Waals surface area contributed by atoms with Crippen LogP contribution in [0.15, 0.2) is 5.10 Å². The molecule has 0 aromatic carbocycles. The van der Waals surface area contributed by atoms with Gasteiger partial charge in [0.25, 0.3) is 5.91 Å². The number of hydrogen-bond donors (Lipinski definition) is 4. The lowest BCUT2D eigenvalue weighted by Gasteiger charge is -2.30. The fourth-order valence-electron chi connectivity index (χ4n) is 1.27. The molecule has 0 saturated carbocycles. The average Bonchev–Trinajstić information content (AvgIpc) is 2.17. The molecule has 1 rings (SSSR count). The van der Waals surface area contributed by atoms with Crippen LogP contribution in [0.3, 0.4) is 0 Å². The molecule has 1 atom stereocenters. The lowest BCUT2D eigenvalue weighted by molar-refractivity contribution is -0.879. The van der Waals surface area contributed by atoms with E-state index >= 15 is 0 Å². The number of nitrogens with one attached hydrogen (secondary N) is 3. The zero-order valence-corrected chi connectivity index (χ0v) is 10.1. The van der Waals surface area contributed by atoms with Gasteiger partial charge in [-0.05, 0) is 18.0 Å². The highest BCUT2D eigenvalue weighted by Gasteiger charge is 2.36. The molecule has 15 heavy (non-hydrogen) atoms. The number of rotatable bonds is 5. The molecule has 1 aliphatic heterocycles. The van der Waals surface area contributed by atoms with Crippen LogP contribution in [0.25, 0.3) is 0 Å². The van der Waals surface area contributed by atoms with Gasteiger partial charge in [0, 0.05) is 0 Å². The Hall–Kier alpha value is -0.790. The van der Waals surface area contributed by atoms with E-state index in [1.54, 1.807) is 0 Å².